The number of esters is 1. The second-order valence-corrected chi connectivity index (χ2v) is 5.50. The van der Waals surface area contributed by atoms with E-state index in [2.05, 4.69) is 15.9 Å². The zero-order valence-electron chi connectivity index (χ0n) is 11.7. The lowest BCUT2D eigenvalue weighted by Gasteiger charge is -2.30. The number of benzene rings is 2. The van der Waals surface area contributed by atoms with Gasteiger partial charge in [0.1, 0.15) is 5.75 Å². The molecule has 2 aromatic rings. The molecular weight excluding hydrogens is 350 g/mol. The van der Waals surface area contributed by atoms with Gasteiger partial charge in [-0.3, -0.25) is 9.69 Å². The molecule has 0 aliphatic carbocycles. The van der Waals surface area contributed by atoms with Gasteiger partial charge in [0, 0.05) is 4.47 Å². The Labute approximate surface area is 135 Å². The zero-order chi connectivity index (χ0) is 15.7. The van der Waals surface area contributed by atoms with Crippen LogP contribution in [0.4, 0.5) is 11.4 Å². The maximum atomic E-state index is 12.3. The van der Waals surface area contributed by atoms with Gasteiger partial charge in [-0.05, 0) is 46.3 Å². The normalized spacial score (nSPS) is 13.4. The van der Waals surface area contributed by atoms with Gasteiger partial charge < -0.3 is 9.47 Å². The van der Waals surface area contributed by atoms with Crippen molar-refractivity contribution in [1.29, 1.82) is 0 Å². The molecule has 0 fully saturated rings. The van der Waals surface area contributed by atoms with E-state index in [1.165, 1.54) is 12.0 Å². The summed E-state index contributed by atoms with van der Waals surface area (Å²) in [6.07, 6.45) is 0. The highest BCUT2D eigenvalue weighted by Gasteiger charge is 2.29. The molecule has 0 radical (unpaired) electrons. The van der Waals surface area contributed by atoms with Crippen LogP contribution in [0.1, 0.15) is 10.4 Å². The van der Waals surface area contributed by atoms with Crippen molar-refractivity contribution in [3.05, 3.63) is 52.5 Å². The highest BCUT2D eigenvalue weighted by molar-refractivity contribution is 9.10. The van der Waals surface area contributed by atoms with Crippen LogP contribution in [0.15, 0.2) is 46.9 Å². The minimum Gasteiger partial charge on any atom is -0.482 e. The highest BCUT2D eigenvalue weighted by atomic mass is 79.9. The molecule has 6 heteroatoms. The Morgan fingerprint density at radius 1 is 1.23 bits per heavy atom. The van der Waals surface area contributed by atoms with Crippen LogP contribution in [0.25, 0.3) is 0 Å². The Hall–Kier alpha value is -2.34. The van der Waals surface area contributed by atoms with Crippen LogP contribution in [0.2, 0.25) is 0 Å². The first kappa shape index (κ1) is 14.6. The third-order valence-corrected chi connectivity index (χ3v) is 3.99. The van der Waals surface area contributed by atoms with Gasteiger partial charge >= 0.3 is 5.97 Å². The number of methoxy groups -OCH3 is 1. The number of carbonyl (C=O) groups excluding carboxylic acids is 2. The van der Waals surface area contributed by atoms with Crippen molar-refractivity contribution in [1.82, 2.24) is 0 Å². The van der Waals surface area contributed by atoms with Crippen molar-refractivity contribution in [2.75, 3.05) is 18.6 Å². The fourth-order valence-corrected chi connectivity index (χ4v) is 2.76. The standard InChI is InChI=1S/C16H12BrNO4/c1-21-16(20)10-6-7-14-13(8-10)18(15(19)9-22-14)12-5-3-2-4-11(12)17/h2-8H,9H2,1H3. The number of halogens is 1. The van der Waals surface area contributed by atoms with Crippen molar-refractivity contribution in [2.45, 2.75) is 0 Å². The van der Waals surface area contributed by atoms with E-state index >= 15 is 0 Å². The summed E-state index contributed by atoms with van der Waals surface area (Å²) in [5.74, 6) is -0.127. The van der Waals surface area contributed by atoms with Crippen LogP contribution < -0.4 is 9.64 Å². The SMILES string of the molecule is COC(=O)c1ccc2c(c1)N(c1ccccc1Br)C(=O)CO2. The van der Waals surface area contributed by atoms with Gasteiger partial charge in [-0.15, -0.1) is 0 Å². The summed E-state index contributed by atoms with van der Waals surface area (Å²) in [7, 11) is 1.31. The summed E-state index contributed by atoms with van der Waals surface area (Å²) < 4.78 is 10.9. The third-order valence-electron chi connectivity index (χ3n) is 3.31. The van der Waals surface area contributed by atoms with Crippen LogP contribution in [-0.2, 0) is 9.53 Å². The van der Waals surface area contributed by atoms with Crippen LogP contribution >= 0.6 is 15.9 Å². The fourth-order valence-electron chi connectivity index (χ4n) is 2.29. The van der Waals surface area contributed by atoms with Gasteiger partial charge in [-0.1, -0.05) is 12.1 Å². The summed E-state index contributed by atoms with van der Waals surface area (Å²) in [6.45, 7) is -0.0497. The molecule has 22 heavy (non-hydrogen) atoms. The quantitative estimate of drug-likeness (QED) is 0.770. The molecule has 0 N–H and O–H groups in total. The smallest absolute Gasteiger partial charge is 0.337 e. The summed E-state index contributed by atoms with van der Waals surface area (Å²) in [6, 6.07) is 12.2. The highest BCUT2D eigenvalue weighted by Crippen LogP contribution is 2.40. The molecule has 0 atom stereocenters. The van der Waals surface area contributed by atoms with Crippen molar-refractivity contribution >= 4 is 39.2 Å². The van der Waals surface area contributed by atoms with Gasteiger partial charge in [-0.2, -0.15) is 0 Å². The molecule has 1 heterocycles. The first-order valence-electron chi connectivity index (χ1n) is 6.54. The first-order chi connectivity index (χ1) is 10.6. The van der Waals surface area contributed by atoms with E-state index in [1.54, 1.807) is 18.2 Å². The minimum atomic E-state index is -0.465. The van der Waals surface area contributed by atoms with Crippen LogP contribution in [0.3, 0.4) is 0 Å². The van der Waals surface area contributed by atoms with E-state index in [4.69, 9.17) is 9.47 Å². The van der Waals surface area contributed by atoms with E-state index in [0.29, 0.717) is 22.7 Å². The average Bonchev–Trinajstić information content (AvgIpc) is 2.54. The van der Waals surface area contributed by atoms with E-state index in [0.717, 1.165) is 4.47 Å². The summed E-state index contributed by atoms with van der Waals surface area (Å²) in [4.78, 5) is 25.6. The van der Waals surface area contributed by atoms with Crippen molar-refractivity contribution in [3.8, 4) is 5.75 Å². The number of nitrogens with zero attached hydrogens (tertiary/aromatic N) is 1. The topological polar surface area (TPSA) is 55.8 Å². The number of hydrogen-bond acceptors (Lipinski definition) is 4. The molecule has 2 aromatic carbocycles. The molecule has 1 amide bonds. The predicted molar refractivity (Wildman–Crippen MR) is 84.6 cm³/mol. The fraction of sp³-hybridized carbons (Fsp3) is 0.125. The zero-order valence-corrected chi connectivity index (χ0v) is 13.3. The number of hydrogen-bond donors (Lipinski definition) is 0. The van der Waals surface area contributed by atoms with Gasteiger partial charge in [0.2, 0.25) is 0 Å². The Morgan fingerprint density at radius 3 is 2.73 bits per heavy atom. The maximum Gasteiger partial charge on any atom is 0.337 e. The van der Waals surface area contributed by atoms with Crippen LogP contribution in [0, 0.1) is 0 Å². The molecule has 0 saturated carbocycles. The van der Waals surface area contributed by atoms with Gasteiger partial charge in [0.15, 0.2) is 6.61 Å². The van der Waals surface area contributed by atoms with E-state index < -0.39 is 5.97 Å². The number of carbonyl (C=O) groups is 2. The third kappa shape index (κ3) is 2.46. The lowest BCUT2D eigenvalue weighted by molar-refractivity contribution is -0.120. The molecule has 3 rings (SSSR count). The summed E-state index contributed by atoms with van der Waals surface area (Å²) in [5, 5.41) is 0. The number of anilines is 2. The summed E-state index contributed by atoms with van der Waals surface area (Å²) in [5.41, 5.74) is 1.57. The second-order valence-electron chi connectivity index (χ2n) is 4.64. The lowest BCUT2D eigenvalue weighted by Crippen LogP contribution is -2.35. The number of fused-ring (bicyclic) bond motifs is 1. The number of amides is 1. The first-order valence-corrected chi connectivity index (χ1v) is 7.34. The van der Waals surface area contributed by atoms with E-state index in [-0.39, 0.29) is 12.5 Å². The molecule has 0 spiro atoms. The summed E-state index contributed by atoms with van der Waals surface area (Å²) >= 11 is 3.45. The largest absolute Gasteiger partial charge is 0.482 e. The van der Waals surface area contributed by atoms with Crippen LogP contribution in [-0.4, -0.2) is 25.6 Å². The molecule has 112 valence electrons. The van der Waals surface area contributed by atoms with Crippen molar-refractivity contribution < 1.29 is 19.1 Å². The Kier molecular flexibility index (Phi) is 3.85. The maximum absolute atomic E-state index is 12.3. The monoisotopic (exact) mass is 361 g/mol. The van der Waals surface area contributed by atoms with Crippen molar-refractivity contribution in [3.63, 3.8) is 0 Å². The van der Waals surface area contributed by atoms with Crippen LogP contribution in [0.5, 0.6) is 5.75 Å². The molecule has 0 aromatic heterocycles. The minimum absolute atomic E-state index is 0.0497. The average molecular weight is 362 g/mol. The molecule has 0 saturated heterocycles. The molecular formula is C16H12BrNO4. The second kappa shape index (κ2) is 5.81. The molecule has 1 aliphatic heterocycles. The Bertz CT molecular complexity index is 760. The van der Waals surface area contributed by atoms with Gasteiger partial charge in [0.25, 0.3) is 5.91 Å². The van der Waals surface area contributed by atoms with E-state index in [1.807, 2.05) is 24.3 Å². The predicted octanol–water partition coefficient (Wildman–Crippen LogP) is 3.29. The van der Waals surface area contributed by atoms with Gasteiger partial charge in [-0.25, -0.2) is 4.79 Å². The van der Waals surface area contributed by atoms with Crippen molar-refractivity contribution in [2.24, 2.45) is 0 Å². The number of para-hydroxylation sites is 1. The molecule has 0 bridgehead atoms. The lowest BCUT2D eigenvalue weighted by atomic mass is 10.1. The molecule has 1 aliphatic rings. The number of rotatable bonds is 2. The number of ether oxygens (including phenoxy) is 2. The molecule has 5 nitrogen and oxygen atoms in total. The van der Waals surface area contributed by atoms with E-state index in [9.17, 15) is 9.59 Å². The Balaban J connectivity index is 2.15. The molecule has 0 unspecified atom stereocenters. The Morgan fingerprint density at radius 2 is 2.00 bits per heavy atom. The van der Waals surface area contributed by atoms with Gasteiger partial charge in [0.05, 0.1) is 24.0 Å².